The van der Waals surface area contributed by atoms with Gasteiger partial charge in [0.1, 0.15) is 10.7 Å². The van der Waals surface area contributed by atoms with Crippen LogP contribution in [-0.2, 0) is 10.0 Å². The molecular formula is C17H23FN2O3S. The number of halogens is 1. The number of aliphatic hydroxyl groups excluding tert-OH is 1. The molecular weight excluding hydrogens is 331 g/mol. The highest BCUT2D eigenvalue weighted by Gasteiger charge is 2.57. The first-order valence-corrected chi connectivity index (χ1v) is 9.99. The van der Waals surface area contributed by atoms with Crippen molar-refractivity contribution in [1.29, 1.82) is 0 Å². The second-order valence-electron chi connectivity index (χ2n) is 7.53. The quantitative estimate of drug-likeness (QED) is 0.866. The first kappa shape index (κ1) is 16.4. The van der Waals surface area contributed by atoms with Gasteiger partial charge in [-0.15, -0.1) is 0 Å². The summed E-state index contributed by atoms with van der Waals surface area (Å²) in [5.41, 5.74) is -0.172. The molecule has 1 aromatic carbocycles. The standard InChI is InChI=1S/C17H23FN2O3S/c18-15-3-1-2-4-16(15)24(22,23)20-11-17(12-20)7-14(10-21)9-19(17)8-13-5-6-13/h1-4,13-14,21H,5-12H2/t14-/m1/s1. The van der Waals surface area contributed by atoms with E-state index in [4.69, 9.17) is 0 Å². The molecule has 2 aliphatic heterocycles. The van der Waals surface area contributed by atoms with E-state index in [-0.39, 0.29) is 23.0 Å². The Morgan fingerprint density at radius 3 is 2.54 bits per heavy atom. The molecule has 7 heteroatoms. The number of hydrogen-bond acceptors (Lipinski definition) is 4. The maximum Gasteiger partial charge on any atom is 0.246 e. The van der Waals surface area contributed by atoms with Crippen LogP contribution in [0.2, 0.25) is 0 Å². The van der Waals surface area contributed by atoms with Crippen LogP contribution < -0.4 is 0 Å². The molecule has 0 bridgehead atoms. The Bertz CT molecular complexity index is 729. The Balaban J connectivity index is 1.52. The van der Waals surface area contributed by atoms with Crippen molar-refractivity contribution >= 4 is 10.0 Å². The molecule has 0 amide bonds. The van der Waals surface area contributed by atoms with Crippen LogP contribution in [0.4, 0.5) is 4.39 Å². The molecule has 3 aliphatic rings. The van der Waals surface area contributed by atoms with Gasteiger partial charge < -0.3 is 5.11 Å². The molecule has 0 radical (unpaired) electrons. The lowest BCUT2D eigenvalue weighted by Gasteiger charge is -2.52. The van der Waals surface area contributed by atoms with E-state index in [9.17, 15) is 17.9 Å². The largest absolute Gasteiger partial charge is 0.396 e. The van der Waals surface area contributed by atoms with E-state index in [1.54, 1.807) is 6.07 Å². The van der Waals surface area contributed by atoms with Crippen LogP contribution >= 0.6 is 0 Å². The van der Waals surface area contributed by atoms with Gasteiger partial charge in [0.15, 0.2) is 0 Å². The summed E-state index contributed by atoms with van der Waals surface area (Å²) < 4.78 is 40.7. The maximum absolute atomic E-state index is 13.9. The highest BCUT2D eigenvalue weighted by atomic mass is 32.2. The predicted molar refractivity (Wildman–Crippen MR) is 87.4 cm³/mol. The summed E-state index contributed by atoms with van der Waals surface area (Å²) in [6, 6.07) is 5.54. The zero-order valence-corrected chi connectivity index (χ0v) is 14.4. The van der Waals surface area contributed by atoms with Crippen molar-refractivity contribution in [3.8, 4) is 0 Å². The molecule has 1 N–H and O–H groups in total. The molecule has 1 saturated carbocycles. The van der Waals surface area contributed by atoms with E-state index in [0.29, 0.717) is 13.1 Å². The van der Waals surface area contributed by atoms with Crippen molar-refractivity contribution in [3.63, 3.8) is 0 Å². The minimum absolute atomic E-state index is 0.142. The van der Waals surface area contributed by atoms with Gasteiger partial charge in [-0.05, 0) is 43.2 Å². The fourth-order valence-electron chi connectivity index (χ4n) is 4.14. The summed E-state index contributed by atoms with van der Waals surface area (Å²) in [5.74, 6) is 0.228. The van der Waals surface area contributed by atoms with Gasteiger partial charge in [0.05, 0.1) is 0 Å². The minimum Gasteiger partial charge on any atom is -0.396 e. The van der Waals surface area contributed by atoms with E-state index in [2.05, 4.69) is 4.90 Å². The molecule has 24 heavy (non-hydrogen) atoms. The van der Waals surface area contributed by atoms with Gasteiger partial charge in [-0.25, -0.2) is 12.8 Å². The van der Waals surface area contributed by atoms with E-state index in [0.717, 1.165) is 25.4 Å². The van der Waals surface area contributed by atoms with Gasteiger partial charge in [0, 0.05) is 38.3 Å². The maximum atomic E-state index is 13.9. The lowest BCUT2D eigenvalue weighted by atomic mass is 9.86. The number of hydrogen-bond donors (Lipinski definition) is 1. The third-order valence-corrected chi connectivity index (χ3v) is 7.47. The van der Waals surface area contributed by atoms with Crippen LogP contribution in [0.25, 0.3) is 0 Å². The molecule has 1 spiro atoms. The number of nitrogens with zero attached hydrogens (tertiary/aromatic N) is 2. The van der Waals surface area contributed by atoms with Crippen molar-refractivity contribution in [3.05, 3.63) is 30.1 Å². The van der Waals surface area contributed by atoms with Crippen LogP contribution in [-0.4, -0.2) is 61.1 Å². The van der Waals surface area contributed by atoms with Gasteiger partial charge in [0.2, 0.25) is 10.0 Å². The van der Waals surface area contributed by atoms with Gasteiger partial charge in [0.25, 0.3) is 0 Å². The number of aliphatic hydroxyl groups is 1. The smallest absolute Gasteiger partial charge is 0.246 e. The Morgan fingerprint density at radius 1 is 1.21 bits per heavy atom. The van der Waals surface area contributed by atoms with Crippen molar-refractivity contribution in [1.82, 2.24) is 9.21 Å². The molecule has 0 aromatic heterocycles. The summed E-state index contributed by atoms with van der Waals surface area (Å²) in [6.07, 6.45) is 3.31. The Kier molecular flexibility index (Phi) is 3.95. The van der Waals surface area contributed by atoms with E-state index in [1.807, 2.05) is 0 Å². The predicted octanol–water partition coefficient (Wildman–Crippen LogP) is 1.29. The highest BCUT2D eigenvalue weighted by molar-refractivity contribution is 7.89. The normalized spacial score (nSPS) is 27.5. The van der Waals surface area contributed by atoms with Gasteiger partial charge in [-0.1, -0.05) is 12.1 Å². The first-order chi connectivity index (χ1) is 11.4. The van der Waals surface area contributed by atoms with Crippen molar-refractivity contribution < 1.29 is 17.9 Å². The second-order valence-corrected chi connectivity index (χ2v) is 9.44. The van der Waals surface area contributed by atoms with E-state index in [1.165, 1.54) is 35.3 Å². The van der Waals surface area contributed by atoms with Crippen LogP contribution in [0, 0.1) is 17.7 Å². The number of sulfonamides is 1. The van der Waals surface area contributed by atoms with Gasteiger partial charge in [-0.3, -0.25) is 4.90 Å². The van der Waals surface area contributed by atoms with Crippen LogP contribution in [0.1, 0.15) is 19.3 Å². The molecule has 132 valence electrons. The Morgan fingerprint density at radius 2 is 1.92 bits per heavy atom. The molecule has 0 unspecified atom stereocenters. The summed E-state index contributed by atoms with van der Waals surface area (Å²) in [7, 11) is -3.79. The third kappa shape index (κ3) is 2.67. The average Bonchev–Trinajstić information content (AvgIpc) is 3.24. The van der Waals surface area contributed by atoms with Gasteiger partial charge in [-0.2, -0.15) is 4.31 Å². The SMILES string of the molecule is O=S(=O)(c1ccccc1F)N1CC2(C[C@@H](CO)CN2CC2CC2)C1. The number of benzene rings is 1. The van der Waals surface area contributed by atoms with Crippen molar-refractivity contribution in [2.45, 2.75) is 29.7 Å². The third-order valence-electron chi connectivity index (χ3n) is 5.65. The first-order valence-electron chi connectivity index (χ1n) is 8.55. The lowest BCUT2D eigenvalue weighted by molar-refractivity contribution is 0.0167. The number of likely N-dealkylation sites (tertiary alicyclic amines) is 1. The summed E-state index contributed by atoms with van der Waals surface area (Å²) in [4.78, 5) is 2.13. The molecule has 5 nitrogen and oxygen atoms in total. The Hall–Kier alpha value is -1.02. The van der Waals surface area contributed by atoms with Crippen molar-refractivity contribution in [2.75, 3.05) is 32.8 Å². The van der Waals surface area contributed by atoms with Crippen LogP contribution in [0.3, 0.4) is 0 Å². The molecule has 2 heterocycles. The highest BCUT2D eigenvalue weighted by Crippen LogP contribution is 2.44. The van der Waals surface area contributed by atoms with E-state index >= 15 is 0 Å². The summed E-state index contributed by atoms with van der Waals surface area (Å²) in [5, 5.41) is 9.52. The lowest BCUT2D eigenvalue weighted by Crippen LogP contribution is -2.69. The van der Waals surface area contributed by atoms with Gasteiger partial charge >= 0.3 is 0 Å². The minimum atomic E-state index is -3.79. The van der Waals surface area contributed by atoms with Crippen LogP contribution in [0.15, 0.2) is 29.2 Å². The zero-order chi connectivity index (χ0) is 16.9. The zero-order valence-electron chi connectivity index (χ0n) is 13.6. The fraction of sp³-hybridized carbons (Fsp3) is 0.647. The Labute approximate surface area is 142 Å². The molecule has 1 aromatic rings. The molecule has 2 saturated heterocycles. The summed E-state index contributed by atoms with van der Waals surface area (Å²) in [6.45, 7) is 2.76. The molecule has 1 aliphatic carbocycles. The topological polar surface area (TPSA) is 60.9 Å². The second kappa shape index (κ2) is 5.76. The number of rotatable bonds is 5. The average molecular weight is 354 g/mol. The molecule has 1 atom stereocenters. The molecule has 3 fully saturated rings. The van der Waals surface area contributed by atoms with Crippen LogP contribution in [0.5, 0.6) is 0 Å². The summed E-state index contributed by atoms with van der Waals surface area (Å²) >= 11 is 0. The fourth-order valence-corrected chi connectivity index (χ4v) is 5.80. The van der Waals surface area contributed by atoms with Crippen molar-refractivity contribution in [2.24, 2.45) is 11.8 Å². The molecule has 4 rings (SSSR count). The van der Waals surface area contributed by atoms with E-state index < -0.39 is 15.8 Å². The monoisotopic (exact) mass is 354 g/mol.